The third-order valence-electron chi connectivity index (χ3n) is 2.32. The molecule has 4 N–H and O–H groups in total. The normalized spacial score (nSPS) is 11.6. The smallest absolute Gasteiger partial charge is 0.210 e. The Morgan fingerprint density at radius 3 is 2.60 bits per heavy atom. The van der Waals surface area contributed by atoms with E-state index in [1.165, 1.54) is 0 Å². The summed E-state index contributed by atoms with van der Waals surface area (Å²) in [5.41, 5.74) is 1.96. The Kier molecular flexibility index (Phi) is 6.82. The standard InChI is InChI=1S/C12H17F3N4O/c1-2-20-5-3-4-17-12(19-16)18-11-7-9(14)8(13)6-10(11)15/h6-7H,2-5,16H2,1H3,(H2,17,18,19). The summed E-state index contributed by atoms with van der Waals surface area (Å²) in [6, 6.07) is 1.14. The highest BCUT2D eigenvalue weighted by Crippen LogP contribution is 2.18. The fraction of sp³-hybridized carbons (Fsp3) is 0.417. The zero-order valence-corrected chi connectivity index (χ0v) is 11.0. The Bertz CT molecular complexity index is 468. The maximum absolute atomic E-state index is 13.4. The summed E-state index contributed by atoms with van der Waals surface area (Å²) >= 11 is 0. The van der Waals surface area contributed by atoms with E-state index in [0.29, 0.717) is 38.3 Å². The van der Waals surface area contributed by atoms with Crippen LogP contribution in [0, 0.1) is 17.5 Å². The molecule has 0 spiro atoms. The monoisotopic (exact) mass is 290 g/mol. The van der Waals surface area contributed by atoms with Crippen molar-refractivity contribution in [2.45, 2.75) is 13.3 Å². The lowest BCUT2D eigenvalue weighted by molar-refractivity contribution is 0.146. The number of guanidine groups is 1. The van der Waals surface area contributed by atoms with Crippen LogP contribution in [0.1, 0.15) is 13.3 Å². The number of aliphatic imine (C=N–C) groups is 1. The minimum atomic E-state index is -1.26. The minimum Gasteiger partial charge on any atom is -0.382 e. The van der Waals surface area contributed by atoms with Gasteiger partial charge in [0.25, 0.3) is 0 Å². The first-order valence-corrected chi connectivity index (χ1v) is 6.08. The van der Waals surface area contributed by atoms with Gasteiger partial charge < -0.3 is 10.1 Å². The lowest BCUT2D eigenvalue weighted by Crippen LogP contribution is -2.36. The summed E-state index contributed by atoms with van der Waals surface area (Å²) in [4.78, 5) is 4.01. The Balaban J connectivity index is 2.64. The maximum atomic E-state index is 13.4. The largest absolute Gasteiger partial charge is 0.382 e. The van der Waals surface area contributed by atoms with E-state index in [-0.39, 0.29) is 11.6 Å². The van der Waals surface area contributed by atoms with Crippen LogP contribution in [-0.2, 0) is 4.74 Å². The van der Waals surface area contributed by atoms with Gasteiger partial charge in [0, 0.05) is 31.9 Å². The minimum absolute atomic E-state index is 0.0476. The van der Waals surface area contributed by atoms with Gasteiger partial charge in [-0.1, -0.05) is 0 Å². The molecule has 1 aromatic rings. The number of hydrazine groups is 1. The van der Waals surface area contributed by atoms with Crippen molar-refractivity contribution < 1.29 is 17.9 Å². The third kappa shape index (κ3) is 5.06. The summed E-state index contributed by atoms with van der Waals surface area (Å²) < 4.78 is 44.3. The Morgan fingerprint density at radius 1 is 1.25 bits per heavy atom. The highest BCUT2D eigenvalue weighted by molar-refractivity contribution is 5.93. The number of halogens is 3. The van der Waals surface area contributed by atoms with Crippen molar-refractivity contribution in [1.29, 1.82) is 0 Å². The molecule has 0 bridgehead atoms. The predicted octanol–water partition coefficient (Wildman–Crippen LogP) is 1.76. The van der Waals surface area contributed by atoms with Crippen LogP contribution in [-0.4, -0.2) is 25.7 Å². The summed E-state index contributed by atoms with van der Waals surface area (Å²) in [5, 5.41) is 2.45. The van der Waals surface area contributed by atoms with E-state index in [9.17, 15) is 13.2 Å². The molecule has 0 amide bonds. The molecule has 5 nitrogen and oxygen atoms in total. The summed E-state index contributed by atoms with van der Waals surface area (Å²) in [6.07, 6.45) is 0.654. The number of rotatable bonds is 6. The van der Waals surface area contributed by atoms with Gasteiger partial charge in [-0.3, -0.25) is 10.4 Å². The zero-order chi connectivity index (χ0) is 15.0. The third-order valence-corrected chi connectivity index (χ3v) is 2.32. The molecule has 8 heteroatoms. The number of nitrogens with two attached hydrogens (primary N) is 1. The average Bonchev–Trinajstić information content (AvgIpc) is 2.42. The molecule has 0 fully saturated rings. The molecule has 0 heterocycles. The van der Waals surface area contributed by atoms with E-state index in [1.807, 2.05) is 6.92 Å². The van der Waals surface area contributed by atoms with Crippen LogP contribution < -0.4 is 16.6 Å². The molecule has 0 unspecified atom stereocenters. The maximum Gasteiger partial charge on any atom is 0.210 e. The Hall–Kier alpha value is -1.80. The van der Waals surface area contributed by atoms with Gasteiger partial charge in [-0.2, -0.15) is 0 Å². The van der Waals surface area contributed by atoms with E-state index in [1.54, 1.807) is 0 Å². The molecule has 20 heavy (non-hydrogen) atoms. The van der Waals surface area contributed by atoms with Crippen LogP contribution in [0.3, 0.4) is 0 Å². The van der Waals surface area contributed by atoms with Crippen molar-refractivity contribution in [2.75, 3.05) is 25.1 Å². The second-order valence-electron chi connectivity index (χ2n) is 3.80. The first kappa shape index (κ1) is 16.3. The fourth-order valence-electron chi connectivity index (χ4n) is 1.37. The van der Waals surface area contributed by atoms with E-state index in [0.717, 1.165) is 0 Å². The average molecular weight is 290 g/mol. The second-order valence-corrected chi connectivity index (χ2v) is 3.80. The second kappa shape index (κ2) is 8.39. The molecular weight excluding hydrogens is 273 g/mol. The van der Waals surface area contributed by atoms with Crippen LogP contribution in [0.25, 0.3) is 0 Å². The molecule has 112 valence electrons. The topological polar surface area (TPSA) is 71.7 Å². The molecule has 0 radical (unpaired) electrons. The van der Waals surface area contributed by atoms with Crippen LogP contribution in [0.2, 0.25) is 0 Å². The van der Waals surface area contributed by atoms with Crippen LogP contribution >= 0.6 is 0 Å². The number of anilines is 1. The van der Waals surface area contributed by atoms with Gasteiger partial charge >= 0.3 is 0 Å². The molecule has 0 aliphatic heterocycles. The van der Waals surface area contributed by atoms with Crippen molar-refractivity contribution >= 4 is 11.6 Å². The number of benzene rings is 1. The molecule has 0 aliphatic carbocycles. The number of hydrogen-bond acceptors (Lipinski definition) is 3. The van der Waals surface area contributed by atoms with Gasteiger partial charge in [0.05, 0.1) is 5.69 Å². The highest BCUT2D eigenvalue weighted by atomic mass is 19.2. The van der Waals surface area contributed by atoms with Crippen LogP contribution in [0.5, 0.6) is 0 Å². The van der Waals surface area contributed by atoms with Crippen molar-refractivity contribution in [3.05, 3.63) is 29.6 Å². The Labute approximate surface area is 115 Å². The first-order valence-electron chi connectivity index (χ1n) is 6.08. The lowest BCUT2D eigenvalue weighted by Gasteiger charge is -2.10. The SMILES string of the molecule is CCOCCCN=C(NN)Nc1cc(F)c(F)cc1F. The van der Waals surface area contributed by atoms with Gasteiger partial charge in [-0.05, 0) is 13.3 Å². The molecule has 0 saturated carbocycles. The van der Waals surface area contributed by atoms with Crippen molar-refractivity contribution in [3.8, 4) is 0 Å². The van der Waals surface area contributed by atoms with Crippen molar-refractivity contribution in [2.24, 2.45) is 10.8 Å². The zero-order valence-electron chi connectivity index (χ0n) is 11.0. The van der Waals surface area contributed by atoms with Crippen LogP contribution in [0.4, 0.5) is 18.9 Å². The van der Waals surface area contributed by atoms with Crippen molar-refractivity contribution in [3.63, 3.8) is 0 Å². The number of nitrogens with one attached hydrogen (secondary N) is 2. The summed E-state index contributed by atoms with van der Waals surface area (Å²) in [6.45, 7) is 3.42. The quantitative estimate of drug-likeness (QED) is 0.186. The first-order chi connectivity index (χ1) is 9.58. The molecule has 1 aromatic carbocycles. The van der Waals surface area contributed by atoms with Gasteiger partial charge in [-0.15, -0.1) is 0 Å². The van der Waals surface area contributed by atoms with Gasteiger partial charge in [0.15, 0.2) is 11.6 Å². The summed E-state index contributed by atoms with van der Waals surface area (Å²) in [5.74, 6) is 1.89. The molecular formula is C12H17F3N4O. The lowest BCUT2D eigenvalue weighted by atomic mass is 10.3. The number of nitrogens with zero attached hydrogens (tertiary/aromatic N) is 1. The molecule has 0 atom stereocenters. The van der Waals surface area contributed by atoms with Crippen molar-refractivity contribution in [1.82, 2.24) is 5.43 Å². The van der Waals surface area contributed by atoms with E-state index in [2.05, 4.69) is 15.7 Å². The van der Waals surface area contributed by atoms with E-state index < -0.39 is 17.5 Å². The molecule has 0 aliphatic rings. The van der Waals surface area contributed by atoms with Gasteiger partial charge in [-0.25, -0.2) is 19.0 Å². The number of ether oxygens (including phenoxy) is 1. The molecule has 0 aromatic heterocycles. The Morgan fingerprint density at radius 2 is 1.95 bits per heavy atom. The number of hydrogen-bond donors (Lipinski definition) is 3. The molecule has 0 saturated heterocycles. The fourth-order valence-corrected chi connectivity index (χ4v) is 1.37. The van der Waals surface area contributed by atoms with Gasteiger partial charge in [0.1, 0.15) is 5.82 Å². The predicted molar refractivity (Wildman–Crippen MR) is 70.7 cm³/mol. The van der Waals surface area contributed by atoms with Gasteiger partial charge in [0.2, 0.25) is 5.96 Å². The highest BCUT2D eigenvalue weighted by Gasteiger charge is 2.10. The van der Waals surface area contributed by atoms with Crippen LogP contribution in [0.15, 0.2) is 17.1 Å². The van der Waals surface area contributed by atoms with E-state index in [4.69, 9.17) is 10.6 Å². The van der Waals surface area contributed by atoms with E-state index >= 15 is 0 Å². The summed E-state index contributed by atoms with van der Waals surface area (Å²) in [7, 11) is 0. The molecule has 1 rings (SSSR count).